The van der Waals surface area contributed by atoms with Crippen LogP contribution in [-0.4, -0.2) is 24.3 Å². The maximum absolute atomic E-state index is 11.1. The predicted molar refractivity (Wildman–Crippen MR) is 69.7 cm³/mol. The summed E-state index contributed by atoms with van der Waals surface area (Å²) in [7, 11) is 3.99. The van der Waals surface area contributed by atoms with E-state index in [-0.39, 0.29) is 5.91 Å². The molecule has 0 radical (unpaired) electrons. The van der Waals surface area contributed by atoms with Crippen molar-refractivity contribution in [3.8, 4) is 0 Å². The molecule has 0 aliphatic heterocycles. The van der Waals surface area contributed by atoms with Crippen LogP contribution in [-0.2, 0) is 11.2 Å². The molecule has 1 amide bonds. The maximum atomic E-state index is 11.1. The Labute approximate surface area is 101 Å². The minimum Gasteiger partial charge on any atom is -0.326 e. The third kappa shape index (κ3) is 3.87. The Morgan fingerprint density at radius 2 is 2.12 bits per heavy atom. The molecule has 3 nitrogen and oxygen atoms in total. The minimum atomic E-state index is -0.0262. The number of aryl methyl sites for hydroxylation is 1. The molecule has 0 heterocycles. The number of hydrogen-bond acceptors (Lipinski definition) is 3. The molecule has 1 N–H and O–H groups in total. The lowest BCUT2D eigenvalue weighted by Gasteiger charge is -2.13. The van der Waals surface area contributed by atoms with Crippen molar-refractivity contribution in [1.29, 1.82) is 0 Å². The smallest absolute Gasteiger partial charge is 0.221 e. The van der Waals surface area contributed by atoms with Gasteiger partial charge in [-0.3, -0.25) is 9.10 Å². The Morgan fingerprint density at radius 1 is 1.44 bits per heavy atom. The van der Waals surface area contributed by atoms with Gasteiger partial charge in [0.05, 0.1) is 0 Å². The maximum Gasteiger partial charge on any atom is 0.221 e. The van der Waals surface area contributed by atoms with E-state index >= 15 is 0 Å². The lowest BCUT2D eigenvalue weighted by molar-refractivity contribution is -0.114. The second kappa shape index (κ2) is 5.92. The van der Waals surface area contributed by atoms with E-state index in [1.54, 1.807) is 11.9 Å². The summed E-state index contributed by atoms with van der Waals surface area (Å²) in [5.74, 6) is -0.0262. The molecular formula is C12H18N2OS. The fourth-order valence-electron chi connectivity index (χ4n) is 1.44. The van der Waals surface area contributed by atoms with Crippen molar-refractivity contribution in [2.24, 2.45) is 0 Å². The van der Waals surface area contributed by atoms with Gasteiger partial charge in [0.15, 0.2) is 0 Å². The van der Waals surface area contributed by atoms with Crippen molar-refractivity contribution in [2.75, 3.05) is 19.4 Å². The van der Waals surface area contributed by atoms with Crippen molar-refractivity contribution in [3.63, 3.8) is 0 Å². The van der Waals surface area contributed by atoms with Gasteiger partial charge < -0.3 is 5.32 Å². The van der Waals surface area contributed by atoms with Crippen molar-refractivity contribution >= 4 is 23.5 Å². The fourth-order valence-corrected chi connectivity index (χ4v) is 2.16. The van der Waals surface area contributed by atoms with Gasteiger partial charge >= 0.3 is 0 Å². The van der Waals surface area contributed by atoms with Crippen LogP contribution in [0.25, 0.3) is 0 Å². The highest BCUT2D eigenvalue weighted by Crippen LogP contribution is 2.26. The molecule has 0 atom stereocenters. The zero-order chi connectivity index (χ0) is 12.1. The van der Waals surface area contributed by atoms with Crippen LogP contribution < -0.4 is 5.32 Å². The van der Waals surface area contributed by atoms with E-state index in [0.717, 1.165) is 17.0 Å². The summed E-state index contributed by atoms with van der Waals surface area (Å²) < 4.78 is 2.03. The highest BCUT2D eigenvalue weighted by Gasteiger charge is 2.05. The summed E-state index contributed by atoms with van der Waals surface area (Å²) in [6.45, 7) is 3.62. The van der Waals surface area contributed by atoms with E-state index in [4.69, 9.17) is 0 Å². The second-order valence-electron chi connectivity index (χ2n) is 3.76. The molecule has 0 unspecified atom stereocenters. The zero-order valence-corrected chi connectivity index (χ0v) is 11.0. The highest BCUT2D eigenvalue weighted by atomic mass is 32.2. The highest BCUT2D eigenvalue weighted by molar-refractivity contribution is 7.97. The third-order valence-corrected chi connectivity index (χ3v) is 2.89. The van der Waals surface area contributed by atoms with Crippen LogP contribution in [0.4, 0.5) is 5.69 Å². The number of carbonyl (C=O) groups is 1. The molecule has 0 saturated carbocycles. The Morgan fingerprint density at radius 3 is 2.62 bits per heavy atom. The molecule has 1 rings (SSSR count). The summed E-state index contributed by atoms with van der Waals surface area (Å²) in [6.07, 6.45) is 0.919. The van der Waals surface area contributed by atoms with Gasteiger partial charge in [-0.2, -0.15) is 0 Å². The number of anilines is 1. The summed E-state index contributed by atoms with van der Waals surface area (Å²) in [4.78, 5) is 12.2. The molecule has 88 valence electrons. The lowest BCUT2D eigenvalue weighted by atomic mass is 10.1. The minimum absolute atomic E-state index is 0.0262. The summed E-state index contributed by atoms with van der Waals surface area (Å²) in [6, 6.07) is 6.16. The molecule has 4 heteroatoms. The first-order chi connectivity index (χ1) is 7.52. The van der Waals surface area contributed by atoms with Gasteiger partial charge in [0.25, 0.3) is 0 Å². The van der Waals surface area contributed by atoms with Crippen LogP contribution in [0, 0.1) is 0 Å². The number of nitrogens with zero attached hydrogens (tertiary/aromatic N) is 1. The Hall–Kier alpha value is -1.00. The number of hydrogen-bond donors (Lipinski definition) is 1. The van der Waals surface area contributed by atoms with E-state index in [1.807, 2.05) is 24.5 Å². The average molecular weight is 238 g/mol. The van der Waals surface area contributed by atoms with Crippen LogP contribution in [0.15, 0.2) is 23.1 Å². The van der Waals surface area contributed by atoms with Gasteiger partial charge in [0, 0.05) is 17.5 Å². The first-order valence-corrected chi connectivity index (χ1v) is 6.06. The molecule has 0 bridgehead atoms. The van der Waals surface area contributed by atoms with Crippen LogP contribution in [0.2, 0.25) is 0 Å². The van der Waals surface area contributed by atoms with E-state index in [2.05, 4.69) is 24.4 Å². The largest absolute Gasteiger partial charge is 0.326 e. The average Bonchev–Trinajstić information content (AvgIpc) is 2.16. The Kier molecular flexibility index (Phi) is 4.83. The molecule has 1 aromatic rings. The van der Waals surface area contributed by atoms with E-state index in [0.29, 0.717) is 0 Å². The molecule has 0 saturated heterocycles. The number of amides is 1. The van der Waals surface area contributed by atoms with Gasteiger partial charge in [0.2, 0.25) is 5.91 Å². The normalized spacial score (nSPS) is 10.6. The van der Waals surface area contributed by atoms with Crippen molar-refractivity contribution in [2.45, 2.75) is 25.2 Å². The fraction of sp³-hybridized carbons (Fsp3) is 0.417. The Bertz CT molecular complexity index is 377. The van der Waals surface area contributed by atoms with Crippen LogP contribution in [0.3, 0.4) is 0 Å². The monoisotopic (exact) mass is 238 g/mol. The lowest BCUT2D eigenvalue weighted by Crippen LogP contribution is -2.08. The molecule has 0 aliphatic carbocycles. The summed E-state index contributed by atoms with van der Waals surface area (Å²) in [5.41, 5.74) is 2.08. The predicted octanol–water partition coefficient (Wildman–Crippen LogP) is 2.78. The molecule has 0 spiro atoms. The zero-order valence-electron chi connectivity index (χ0n) is 10.2. The van der Waals surface area contributed by atoms with Crippen molar-refractivity contribution in [1.82, 2.24) is 4.31 Å². The Balaban J connectivity index is 2.96. The topological polar surface area (TPSA) is 32.3 Å². The SMILES string of the molecule is CCc1ccc(SN(C)C)cc1NC(C)=O. The first kappa shape index (κ1) is 13.1. The first-order valence-electron chi connectivity index (χ1n) is 5.28. The van der Waals surface area contributed by atoms with Crippen LogP contribution >= 0.6 is 11.9 Å². The van der Waals surface area contributed by atoms with E-state index in [9.17, 15) is 4.79 Å². The number of nitrogens with one attached hydrogen (secondary N) is 1. The van der Waals surface area contributed by atoms with E-state index < -0.39 is 0 Å². The molecule has 16 heavy (non-hydrogen) atoms. The summed E-state index contributed by atoms with van der Waals surface area (Å²) >= 11 is 1.64. The summed E-state index contributed by atoms with van der Waals surface area (Å²) in [5, 5.41) is 2.87. The van der Waals surface area contributed by atoms with Crippen LogP contribution in [0.5, 0.6) is 0 Å². The number of benzene rings is 1. The van der Waals surface area contributed by atoms with Gasteiger partial charge in [-0.05, 0) is 50.2 Å². The number of carbonyl (C=O) groups excluding carboxylic acids is 1. The second-order valence-corrected chi connectivity index (χ2v) is 5.14. The van der Waals surface area contributed by atoms with Gasteiger partial charge in [-0.15, -0.1) is 0 Å². The molecule has 0 aliphatic rings. The van der Waals surface area contributed by atoms with E-state index in [1.165, 1.54) is 12.5 Å². The quantitative estimate of drug-likeness (QED) is 0.819. The molecule has 0 fully saturated rings. The van der Waals surface area contributed by atoms with Crippen LogP contribution in [0.1, 0.15) is 19.4 Å². The standard InChI is InChI=1S/C12H18N2OS/c1-5-10-6-7-11(16-14(3)4)8-12(10)13-9(2)15/h6-8H,5H2,1-4H3,(H,13,15). The van der Waals surface area contributed by atoms with Crippen molar-refractivity contribution in [3.05, 3.63) is 23.8 Å². The van der Waals surface area contributed by atoms with Gasteiger partial charge in [-0.25, -0.2) is 0 Å². The van der Waals surface area contributed by atoms with Gasteiger partial charge in [-0.1, -0.05) is 13.0 Å². The third-order valence-electron chi connectivity index (χ3n) is 2.06. The van der Waals surface area contributed by atoms with Crippen molar-refractivity contribution < 1.29 is 4.79 Å². The molecule has 1 aromatic carbocycles. The molecule has 0 aromatic heterocycles. The number of rotatable bonds is 4. The van der Waals surface area contributed by atoms with Gasteiger partial charge in [0.1, 0.15) is 0 Å². The molecular weight excluding hydrogens is 220 g/mol.